The van der Waals surface area contributed by atoms with E-state index in [1.54, 1.807) is 6.07 Å². The summed E-state index contributed by atoms with van der Waals surface area (Å²) in [6.07, 6.45) is 0.970. The van der Waals surface area contributed by atoms with Gasteiger partial charge >= 0.3 is 5.97 Å². The summed E-state index contributed by atoms with van der Waals surface area (Å²) in [5, 5.41) is 13.7. The number of fused-ring (bicyclic) bond motifs is 2. The van der Waals surface area contributed by atoms with Crippen LogP contribution in [0.2, 0.25) is 0 Å². The Hall–Kier alpha value is -2.44. The maximum absolute atomic E-state index is 12.9. The molecule has 1 aromatic rings. The third kappa shape index (κ3) is 1.76. The Labute approximate surface area is 133 Å². The molecule has 1 saturated carbocycles. The monoisotopic (exact) mass is 318 g/mol. The number of hydrogen-bond donors (Lipinski definition) is 1. The molecule has 1 aliphatic carbocycles. The van der Waals surface area contributed by atoms with Gasteiger partial charge in [0.1, 0.15) is 5.69 Å². The van der Waals surface area contributed by atoms with E-state index in [0.29, 0.717) is 12.8 Å². The maximum atomic E-state index is 12.9. The molecule has 0 unspecified atom stereocenters. The molecule has 0 aromatic heterocycles. The van der Waals surface area contributed by atoms with Crippen molar-refractivity contribution in [2.24, 2.45) is 10.8 Å². The molecule has 0 radical (unpaired) electrons. The fraction of sp³-hybridized carbons (Fsp3) is 0.500. The Bertz CT molecular complexity index is 729. The molecule has 23 heavy (non-hydrogen) atoms. The summed E-state index contributed by atoms with van der Waals surface area (Å²) < 4.78 is 5.48. The van der Waals surface area contributed by atoms with Crippen LogP contribution in [0.1, 0.15) is 33.6 Å². The van der Waals surface area contributed by atoms with E-state index in [9.17, 15) is 19.7 Å². The summed E-state index contributed by atoms with van der Waals surface area (Å²) in [4.78, 5) is 35.6. The van der Waals surface area contributed by atoms with Crippen LogP contribution < -0.4 is 5.32 Å². The number of carbonyl (C=O) groups excluding carboxylic acids is 2. The van der Waals surface area contributed by atoms with Crippen LogP contribution in [-0.4, -0.2) is 22.4 Å². The van der Waals surface area contributed by atoms with E-state index < -0.39 is 27.3 Å². The van der Waals surface area contributed by atoms with Gasteiger partial charge in [-0.15, -0.1) is 0 Å². The maximum Gasteiger partial charge on any atom is 0.313 e. The van der Waals surface area contributed by atoms with Crippen LogP contribution in [0.25, 0.3) is 0 Å². The van der Waals surface area contributed by atoms with E-state index in [1.165, 1.54) is 18.2 Å². The highest BCUT2D eigenvalue weighted by atomic mass is 16.6. The van der Waals surface area contributed by atoms with Crippen molar-refractivity contribution in [3.8, 4) is 0 Å². The molecular weight excluding hydrogens is 300 g/mol. The zero-order valence-corrected chi connectivity index (χ0v) is 13.2. The first-order valence-corrected chi connectivity index (χ1v) is 7.44. The van der Waals surface area contributed by atoms with Crippen molar-refractivity contribution in [1.82, 2.24) is 0 Å². The molecule has 1 saturated heterocycles. The highest BCUT2D eigenvalue weighted by molar-refractivity contribution is 6.04. The second-order valence-corrected chi connectivity index (χ2v) is 6.90. The number of benzene rings is 1. The van der Waals surface area contributed by atoms with Crippen LogP contribution in [0.15, 0.2) is 24.3 Å². The number of esters is 1. The molecule has 2 fully saturated rings. The highest BCUT2D eigenvalue weighted by Gasteiger charge is 2.75. The average Bonchev–Trinajstić information content (AvgIpc) is 2.78. The van der Waals surface area contributed by atoms with Gasteiger partial charge in [-0.05, 0) is 25.8 Å². The molecule has 2 bridgehead atoms. The van der Waals surface area contributed by atoms with Crippen LogP contribution in [0.5, 0.6) is 0 Å². The third-order valence-corrected chi connectivity index (χ3v) is 5.80. The zero-order chi connectivity index (χ0) is 17.0. The Morgan fingerprint density at radius 2 is 1.91 bits per heavy atom. The second-order valence-electron chi connectivity index (χ2n) is 6.90. The van der Waals surface area contributed by atoms with Crippen LogP contribution >= 0.6 is 0 Å². The number of carbonyl (C=O) groups is 2. The Morgan fingerprint density at radius 3 is 2.43 bits per heavy atom. The Balaban J connectivity index is 1.97. The number of amides is 1. The van der Waals surface area contributed by atoms with E-state index in [0.717, 1.165) is 0 Å². The summed E-state index contributed by atoms with van der Waals surface area (Å²) in [7, 11) is 0. The molecule has 1 amide bonds. The molecule has 122 valence electrons. The molecule has 1 N–H and O–H groups in total. The minimum Gasteiger partial charge on any atom is -0.448 e. The molecule has 7 heteroatoms. The number of nitrogens with zero attached hydrogens (tertiary/aromatic N) is 1. The predicted octanol–water partition coefficient (Wildman–Crippen LogP) is 2.66. The van der Waals surface area contributed by atoms with Gasteiger partial charge in [0.25, 0.3) is 11.6 Å². The predicted molar refractivity (Wildman–Crippen MR) is 81.7 cm³/mol. The first kappa shape index (κ1) is 15.5. The van der Waals surface area contributed by atoms with Crippen molar-refractivity contribution in [3.63, 3.8) is 0 Å². The quantitative estimate of drug-likeness (QED) is 0.525. The van der Waals surface area contributed by atoms with Gasteiger partial charge in [-0.25, -0.2) is 0 Å². The molecule has 1 aromatic carbocycles. The number of rotatable bonds is 3. The van der Waals surface area contributed by atoms with Crippen molar-refractivity contribution in [1.29, 1.82) is 0 Å². The second kappa shape index (κ2) is 4.53. The number of nitro groups is 1. The number of hydrogen-bond acceptors (Lipinski definition) is 5. The fourth-order valence-electron chi connectivity index (χ4n) is 3.71. The molecule has 0 spiro atoms. The lowest BCUT2D eigenvalue weighted by atomic mass is 9.66. The molecule has 2 aliphatic rings. The van der Waals surface area contributed by atoms with Crippen LogP contribution in [0.4, 0.5) is 11.4 Å². The van der Waals surface area contributed by atoms with Crippen molar-refractivity contribution in [3.05, 3.63) is 34.4 Å². The van der Waals surface area contributed by atoms with Gasteiger partial charge in [-0.2, -0.15) is 0 Å². The van der Waals surface area contributed by atoms with Crippen molar-refractivity contribution in [2.45, 2.75) is 39.2 Å². The van der Waals surface area contributed by atoms with Crippen LogP contribution in [0, 0.1) is 20.9 Å². The molecular formula is C16H18N2O5. The highest BCUT2D eigenvalue weighted by Crippen LogP contribution is 2.65. The van der Waals surface area contributed by atoms with E-state index in [-0.39, 0.29) is 17.3 Å². The van der Waals surface area contributed by atoms with Gasteiger partial charge in [0.05, 0.1) is 10.3 Å². The standard InChI is InChI=1S/C16H18N2O5/c1-14(2)15(3)8-9-16(14,23-13(15)20)12(19)17-10-6-4-5-7-11(10)18(21)22/h4-7H,8-9H2,1-3H3,(H,17,19)/t15-,16+/m0/s1. The van der Waals surface area contributed by atoms with Gasteiger partial charge in [-0.3, -0.25) is 19.7 Å². The molecule has 1 aliphatic heterocycles. The topological polar surface area (TPSA) is 98.5 Å². The number of nitrogens with one attached hydrogen (secondary N) is 1. The number of para-hydroxylation sites is 2. The van der Waals surface area contributed by atoms with Crippen molar-refractivity contribution in [2.75, 3.05) is 5.32 Å². The number of nitro benzene ring substituents is 1. The average molecular weight is 318 g/mol. The van der Waals surface area contributed by atoms with E-state index in [1.807, 2.05) is 20.8 Å². The van der Waals surface area contributed by atoms with Gasteiger partial charge in [0.2, 0.25) is 0 Å². The number of ether oxygens (including phenoxy) is 1. The third-order valence-electron chi connectivity index (χ3n) is 5.80. The van der Waals surface area contributed by atoms with Crippen LogP contribution in [0.3, 0.4) is 0 Å². The minimum atomic E-state index is -1.29. The lowest BCUT2D eigenvalue weighted by molar-refractivity contribution is -0.383. The lowest BCUT2D eigenvalue weighted by Crippen LogP contribution is -2.50. The first-order chi connectivity index (χ1) is 10.7. The summed E-state index contributed by atoms with van der Waals surface area (Å²) in [6, 6.07) is 5.91. The van der Waals surface area contributed by atoms with Gasteiger partial charge in [0, 0.05) is 11.5 Å². The largest absolute Gasteiger partial charge is 0.448 e. The SMILES string of the molecule is CC1(C)[C@@]2(C)CC[C@]1(C(=O)Nc1ccccc1[N+](=O)[O-])OC2=O. The number of anilines is 1. The lowest BCUT2D eigenvalue weighted by Gasteiger charge is -2.35. The summed E-state index contributed by atoms with van der Waals surface area (Å²) in [5.41, 5.74) is -2.79. The van der Waals surface area contributed by atoms with E-state index in [4.69, 9.17) is 4.74 Å². The molecule has 7 nitrogen and oxygen atoms in total. The zero-order valence-electron chi connectivity index (χ0n) is 13.2. The normalized spacial score (nSPS) is 30.8. The van der Waals surface area contributed by atoms with Gasteiger partial charge in [0.15, 0.2) is 5.60 Å². The van der Waals surface area contributed by atoms with Gasteiger partial charge in [-0.1, -0.05) is 26.0 Å². The molecule has 2 atom stereocenters. The summed E-state index contributed by atoms with van der Waals surface area (Å²) in [5.74, 6) is -0.891. The van der Waals surface area contributed by atoms with Crippen LogP contribution in [-0.2, 0) is 14.3 Å². The van der Waals surface area contributed by atoms with Gasteiger partial charge < -0.3 is 10.1 Å². The minimum absolute atomic E-state index is 0.101. The Morgan fingerprint density at radius 1 is 1.26 bits per heavy atom. The molecule has 3 rings (SSSR count). The smallest absolute Gasteiger partial charge is 0.313 e. The first-order valence-electron chi connectivity index (χ1n) is 7.44. The van der Waals surface area contributed by atoms with E-state index in [2.05, 4.69) is 5.32 Å². The van der Waals surface area contributed by atoms with E-state index >= 15 is 0 Å². The fourth-order valence-corrected chi connectivity index (χ4v) is 3.71. The summed E-state index contributed by atoms with van der Waals surface area (Å²) in [6.45, 7) is 5.48. The molecule has 1 heterocycles. The Kier molecular flexibility index (Phi) is 3.05. The summed E-state index contributed by atoms with van der Waals surface area (Å²) >= 11 is 0. The van der Waals surface area contributed by atoms with Crippen molar-refractivity contribution >= 4 is 23.3 Å². The van der Waals surface area contributed by atoms with Crippen molar-refractivity contribution < 1.29 is 19.2 Å².